The van der Waals surface area contributed by atoms with E-state index in [1.54, 1.807) is 0 Å². The molecule has 25 rings (SSSR count). The van der Waals surface area contributed by atoms with Crippen LogP contribution in [0.5, 0.6) is 0 Å². The van der Waals surface area contributed by atoms with E-state index in [-0.39, 0.29) is 0 Å². The minimum Gasteiger partial charge on any atom is -0.311 e. The van der Waals surface area contributed by atoms with E-state index in [0.29, 0.717) is 0 Å². The first-order valence-electron chi connectivity index (χ1n) is 45.5. The third-order valence-electron chi connectivity index (χ3n) is 27.1. The zero-order valence-electron chi connectivity index (χ0n) is 72.3. The van der Waals surface area contributed by atoms with Crippen molar-refractivity contribution in [3.8, 4) is 112 Å². The molecule has 0 atom stereocenters. The average Bonchev–Trinajstić information content (AvgIpc) is 1.53. The third kappa shape index (κ3) is 13.9. The maximum absolute atomic E-state index is 2.39. The Morgan fingerprint density at radius 1 is 0.121 bits per heavy atom. The minimum atomic E-state index is 1.07. The number of benzene rings is 23. The molecule has 2 heterocycles. The van der Waals surface area contributed by atoms with Crippen LogP contribution in [0.2, 0.25) is 0 Å². The normalized spacial score (nSPS) is 11.6. The summed E-state index contributed by atoms with van der Waals surface area (Å²) in [5, 5.41) is 17.3. The third-order valence-corrected chi connectivity index (χ3v) is 27.1. The van der Waals surface area contributed by atoms with E-state index in [1.165, 1.54) is 175 Å². The Morgan fingerprint density at radius 2 is 0.379 bits per heavy atom. The van der Waals surface area contributed by atoms with Crippen LogP contribution in [-0.2, 0) is 0 Å². The molecule has 25 aromatic rings. The second-order valence-corrected chi connectivity index (χ2v) is 34.7. The Balaban J connectivity index is 0.465. The quantitative estimate of drug-likeness (QED) is 0.0845. The predicted molar refractivity (Wildman–Crippen MR) is 561 cm³/mol. The summed E-state index contributed by atoms with van der Waals surface area (Å²) in [5.41, 5.74) is 34.7. The van der Waals surface area contributed by atoms with Gasteiger partial charge in [0.15, 0.2) is 0 Å². The van der Waals surface area contributed by atoms with Crippen LogP contribution in [0.4, 0.5) is 34.1 Å². The fourth-order valence-corrected chi connectivity index (χ4v) is 20.4. The van der Waals surface area contributed by atoms with Gasteiger partial charge in [-0.1, -0.05) is 346 Å². The van der Waals surface area contributed by atoms with E-state index in [0.717, 1.165) is 67.8 Å². The van der Waals surface area contributed by atoms with Gasteiger partial charge >= 0.3 is 0 Å². The molecule has 0 aliphatic rings. The van der Waals surface area contributed by atoms with Crippen molar-refractivity contribution in [1.82, 2.24) is 9.13 Å². The van der Waals surface area contributed by atoms with Crippen molar-refractivity contribution in [3.63, 3.8) is 0 Å². The Hall–Kier alpha value is -17.4. The van der Waals surface area contributed by atoms with E-state index in [9.17, 15) is 0 Å². The molecule has 0 spiro atoms. The average molecular weight is 1680 g/mol. The topological polar surface area (TPSA) is 16.3 Å². The van der Waals surface area contributed by atoms with Gasteiger partial charge in [0.1, 0.15) is 0 Å². The molecule has 2 aromatic heterocycles. The zero-order valence-corrected chi connectivity index (χ0v) is 72.3. The van der Waals surface area contributed by atoms with Crippen LogP contribution in [-0.4, -0.2) is 9.13 Å². The van der Waals surface area contributed by atoms with Gasteiger partial charge in [0, 0.05) is 67.0 Å². The summed E-state index contributed by atoms with van der Waals surface area (Å²) in [6, 6.07) is 188. The van der Waals surface area contributed by atoms with Gasteiger partial charge in [-0.3, -0.25) is 0 Å². The van der Waals surface area contributed by atoms with E-state index in [2.05, 4.69) is 529 Å². The SMILES string of the molecule is c1ccc(-c2ccc3cc(-c4ccc(N(c5ccc(-c6ccc(-c7ccc8c(-c9cccc(-c%10ccc%11cc(-c%12ccc(N(c%13ccc(-c%14ccc(-c%15cc%16ccccc%16c%16ccccc%15%16)cc%14)cc%13)c%13ccc(-n%14c%15ccccc%15c%15ccccc%15%14)cc%13)cc%12)ccc%11c%10)c9)cccc8c7)cc6)cc5)c5ccc(-n6c7ccccc7c7ccccc76)cc5)cc4)ccc3c2)cc1. The summed E-state index contributed by atoms with van der Waals surface area (Å²) in [4.78, 5) is 4.75. The van der Waals surface area contributed by atoms with Crippen molar-refractivity contribution in [2.75, 3.05) is 9.80 Å². The lowest BCUT2D eigenvalue weighted by molar-refractivity contribution is 1.17. The second-order valence-electron chi connectivity index (χ2n) is 34.7. The van der Waals surface area contributed by atoms with Gasteiger partial charge in [0.25, 0.3) is 0 Å². The van der Waals surface area contributed by atoms with Crippen molar-refractivity contribution in [2.45, 2.75) is 0 Å². The van der Waals surface area contributed by atoms with Crippen molar-refractivity contribution in [3.05, 3.63) is 510 Å². The van der Waals surface area contributed by atoms with E-state index in [4.69, 9.17) is 0 Å². The van der Waals surface area contributed by atoms with Gasteiger partial charge < -0.3 is 18.9 Å². The van der Waals surface area contributed by atoms with Crippen LogP contribution in [0, 0.1) is 0 Å². The molecule has 0 fully saturated rings. The molecule has 0 saturated heterocycles. The van der Waals surface area contributed by atoms with Crippen LogP contribution in [0.3, 0.4) is 0 Å². The molecular weight excluding hydrogens is 1590 g/mol. The summed E-state index contributed by atoms with van der Waals surface area (Å²) >= 11 is 0. The zero-order chi connectivity index (χ0) is 87.1. The molecule has 0 saturated carbocycles. The van der Waals surface area contributed by atoms with Crippen LogP contribution in [0.15, 0.2) is 510 Å². The lowest BCUT2D eigenvalue weighted by Gasteiger charge is -2.26. The molecule has 4 heteroatoms. The standard InChI is InChI=1S/C128H84N4/c1-2-18-85(19-3-1)95-44-47-101-79-96(45-48-100(101)78-95)91-56-65-109(66-57-91)129(111-69-73-113(74-70-111)131-125-32-12-8-27-120(125)121-28-9-13-33-126(121)131)107-61-52-88(53-62-107)86-36-38-90(39-37-86)98-60-77-117-105(83-98)23-17-31-115(117)104-22-16-21-94(82-104)99-50-51-102-80-97(46-49-103(102)81-99)92-58-67-110(68-59-92)130(112-71-75-114(76-72-112)132-127-34-14-10-29-122(127)123-30-11-15-35-128(123)132)108-63-54-89(55-64-108)87-40-42-93(43-41-87)124-84-106-20-4-5-24-116(106)118-25-6-7-26-119(118)124/h1-84H. The number of nitrogens with zero attached hydrogens (tertiary/aromatic N) is 4. The van der Waals surface area contributed by atoms with Gasteiger partial charge in [-0.2, -0.15) is 0 Å². The fraction of sp³-hybridized carbons (Fsp3) is 0. The largest absolute Gasteiger partial charge is 0.311 e. The van der Waals surface area contributed by atoms with E-state index < -0.39 is 0 Å². The lowest BCUT2D eigenvalue weighted by atomic mass is 9.92. The Labute approximate surface area is 766 Å². The van der Waals surface area contributed by atoms with Crippen LogP contribution in [0.1, 0.15) is 0 Å². The van der Waals surface area contributed by atoms with Crippen molar-refractivity contribution in [1.29, 1.82) is 0 Å². The molecule has 23 aromatic carbocycles. The molecule has 0 amide bonds. The van der Waals surface area contributed by atoms with Crippen molar-refractivity contribution >= 4 is 132 Å². The summed E-state index contributed by atoms with van der Waals surface area (Å²) in [6.07, 6.45) is 0. The maximum atomic E-state index is 2.39. The number of hydrogen-bond donors (Lipinski definition) is 0. The van der Waals surface area contributed by atoms with Gasteiger partial charge in [-0.25, -0.2) is 0 Å². The number of aromatic nitrogens is 2. The van der Waals surface area contributed by atoms with Gasteiger partial charge in [0.05, 0.1) is 22.1 Å². The highest BCUT2D eigenvalue weighted by Crippen LogP contribution is 2.46. The van der Waals surface area contributed by atoms with Crippen LogP contribution in [0.25, 0.3) is 209 Å². The molecule has 0 aliphatic heterocycles. The number of fused-ring (bicyclic) bond motifs is 12. The monoisotopic (exact) mass is 1680 g/mol. The molecule has 0 unspecified atom stereocenters. The van der Waals surface area contributed by atoms with Crippen molar-refractivity contribution in [2.24, 2.45) is 0 Å². The molecule has 0 radical (unpaired) electrons. The smallest absolute Gasteiger partial charge is 0.0541 e. The molecule has 0 aliphatic carbocycles. The highest BCUT2D eigenvalue weighted by molar-refractivity contribution is 6.15. The number of rotatable bonds is 17. The number of hydrogen-bond acceptors (Lipinski definition) is 2. The maximum Gasteiger partial charge on any atom is 0.0541 e. The van der Waals surface area contributed by atoms with Crippen molar-refractivity contribution < 1.29 is 0 Å². The molecule has 0 N–H and O–H groups in total. The Bertz CT molecular complexity index is 8650. The molecular formula is C128H84N4. The van der Waals surface area contributed by atoms with Gasteiger partial charge in [-0.05, 0) is 318 Å². The highest BCUT2D eigenvalue weighted by Gasteiger charge is 2.22. The second kappa shape index (κ2) is 32.5. The summed E-state index contributed by atoms with van der Waals surface area (Å²) in [7, 11) is 0. The Kier molecular flexibility index (Phi) is 18.9. The lowest BCUT2D eigenvalue weighted by Crippen LogP contribution is -2.10. The molecule has 0 bridgehead atoms. The number of anilines is 6. The molecule has 132 heavy (non-hydrogen) atoms. The van der Waals surface area contributed by atoms with Gasteiger partial charge in [0.2, 0.25) is 0 Å². The fourth-order valence-electron chi connectivity index (χ4n) is 20.4. The summed E-state index contributed by atoms with van der Waals surface area (Å²) in [5.74, 6) is 0. The first kappa shape index (κ1) is 76.9. The minimum absolute atomic E-state index is 1.07. The van der Waals surface area contributed by atoms with Crippen LogP contribution < -0.4 is 9.80 Å². The van der Waals surface area contributed by atoms with E-state index >= 15 is 0 Å². The highest BCUT2D eigenvalue weighted by atomic mass is 15.1. The molecule has 4 nitrogen and oxygen atoms in total. The Morgan fingerprint density at radius 3 is 0.795 bits per heavy atom. The summed E-state index contributed by atoms with van der Waals surface area (Å²) in [6.45, 7) is 0. The van der Waals surface area contributed by atoms with E-state index in [1.807, 2.05) is 0 Å². The first-order valence-corrected chi connectivity index (χ1v) is 45.5. The number of para-hydroxylation sites is 4. The predicted octanol–water partition coefficient (Wildman–Crippen LogP) is 35.6. The molecule has 616 valence electrons. The summed E-state index contributed by atoms with van der Waals surface area (Å²) < 4.78 is 4.77. The van der Waals surface area contributed by atoms with Crippen LogP contribution >= 0.6 is 0 Å². The van der Waals surface area contributed by atoms with Gasteiger partial charge in [-0.15, -0.1) is 0 Å². The first-order chi connectivity index (χ1) is 65.4.